The van der Waals surface area contributed by atoms with Gasteiger partial charge in [-0.15, -0.1) is 0 Å². The number of carbonyl (C=O) groups is 1. The highest BCUT2D eigenvalue weighted by atomic mass is 79.9. The largest absolute Gasteiger partial charge is 0.318 e. The van der Waals surface area contributed by atoms with Crippen LogP contribution in [0.4, 0.5) is 0 Å². The van der Waals surface area contributed by atoms with Crippen molar-refractivity contribution in [2.45, 2.75) is 20.8 Å². The van der Waals surface area contributed by atoms with Gasteiger partial charge in [0.15, 0.2) is 0 Å². The molecule has 0 spiro atoms. The van der Waals surface area contributed by atoms with Gasteiger partial charge in [0, 0.05) is 34.0 Å². The smallest absolute Gasteiger partial charge is 0.236 e. The van der Waals surface area contributed by atoms with Gasteiger partial charge in [-0.3, -0.25) is 4.79 Å². The van der Waals surface area contributed by atoms with Crippen LogP contribution in [0.5, 0.6) is 0 Å². The fraction of sp³-hybridized carbons (Fsp3) is 0.200. The third kappa shape index (κ3) is 3.17. The Hall–Kier alpha value is -1.88. The van der Waals surface area contributed by atoms with E-state index in [1.165, 1.54) is 6.92 Å². The van der Waals surface area contributed by atoms with Gasteiger partial charge in [-0.1, -0.05) is 15.9 Å². The number of rotatable bonds is 3. The van der Waals surface area contributed by atoms with Gasteiger partial charge in [-0.25, -0.2) is 5.43 Å². The van der Waals surface area contributed by atoms with Crippen molar-refractivity contribution in [2.24, 2.45) is 5.10 Å². The predicted molar refractivity (Wildman–Crippen MR) is 84.4 cm³/mol. The fourth-order valence-electron chi connectivity index (χ4n) is 2.10. The van der Waals surface area contributed by atoms with Crippen molar-refractivity contribution < 1.29 is 4.79 Å². The summed E-state index contributed by atoms with van der Waals surface area (Å²) in [5.41, 5.74) is 6.70. The van der Waals surface area contributed by atoms with Crippen LogP contribution in [0.15, 0.2) is 39.9 Å². The van der Waals surface area contributed by atoms with Crippen LogP contribution in [0, 0.1) is 13.8 Å². The molecule has 0 saturated heterocycles. The highest BCUT2D eigenvalue weighted by molar-refractivity contribution is 9.10. The lowest BCUT2D eigenvalue weighted by Crippen LogP contribution is -2.12. The predicted octanol–water partition coefficient (Wildman–Crippen LogP) is 3.33. The van der Waals surface area contributed by atoms with E-state index in [2.05, 4.69) is 43.2 Å². The third-order valence-corrected chi connectivity index (χ3v) is 3.51. The average Bonchev–Trinajstić information content (AvgIpc) is 2.66. The van der Waals surface area contributed by atoms with Gasteiger partial charge < -0.3 is 4.57 Å². The molecule has 1 heterocycles. The van der Waals surface area contributed by atoms with Gasteiger partial charge in [0.2, 0.25) is 5.91 Å². The zero-order valence-electron chi connectivity index (χ0n) is 11.6. The van der Waals surface area contributed by atoms with Crippen molar-refractivity contribution >= 4 is 28.1 Å². The number of hydrazone groups is 1. The molecule has 20 heavy (non-hydrogen) atoms. The molecule has 0 unspecified atom stereocenters. The maximum absolute atomic E-state index is 10.8. The molecule has 1 N–H and O–H groups in total. The minimum atomic E-state index is -0.178. The summed E-state index contributed by atoms with van der Waals surface area (Å²) in [5, 5.41) is 3.92. The summed E-state index contributed by atoms with van der Waals surface area (Å²) in [5.74, 6) is -0.178. The van der Waals surface area contributed by atoms with Gasteiger partial charge in [0.25, 0.3) is 0 Å². The molecular weight excluding hydrogens is 318 g/mol. The van der Waals surface area contributed by atoms with Crippen molar-refractivity contribution in [3.8, 4) is 5.69 Å². The number of amides is 1. The first-order chi connectivity index (χ1) is 9.49. The molecule has 0 atom stereocenters. The van der Waals surface area contributed by atoms with Crippen LogP contribution in [0.2, 0.25) is 0 Å². The molecule has 2 aromatic rings. The van der Waals surface area contributed by atoms with E-state index in [4.69, 9.17) is 0 Å². The second-order valence-electron chi connectivity index (χ2n) is 4.56. The van der Waals surface area contributed by atoms with E-state index in [1.807, 2.05) is 32.0 Å². The second kappa shape index (κ2) is 6.05. The monoisotopic (exact) mass is 333 g/mol. The quantitative estimate of drug-likeness (QED) is 0.679. The van der Waals surface area contributed by atoms with E-state index < -0.39 is 0 Å². The molecule has 1 aromatic heterocycles. The molecule has 2 rings (SSSR count). The molecule has 0 saturated carbocycles. The first-order valence-corrected chi connectivity index (χ1v) is 7.03. The maximum Gasteiger partial charge on any atom is 0.236 e. The number of nitrogens with zero attached hydrogens (tertiary/aromatic N) is 2. The van der Waals surface area contributed by atoms with E-state index in [-0.39, 0.29) is 5.91 Å². The van der Waals surface area contributed by atoms with Gasteiger partial charge in [-0.2, -0.15) is 5.10 Å². The Kier molecular flexibility index (Phi) is 4.39. The fourth-order valence-corrected chi connectivity index (χ4v) is 2.36. The summed E-state index contributed by atoms with van der Waals surface area (Å²) >= 11 is 3.44. The first kappa shape index (κ1) is 14.5. The second-order valence-corrected chi connectivity index (χ2v) is 5.48. The number of aryl methyl sites for hydroxylation is 1. The molecule has 1 aromatic carbocycles. The van der Waals surface area contributed by atoms with Crippen LogP contribution in [-0.2, 0) is 4.79 Å². The maximum atomic E-state index is 10.8. The summed E-state index contributed by atoms with van der Waals surface area (Å²) in [7, 11) is 0. The number of nitrogens with one attached hydrogen (secondary N) is 1. The molecule has 5 heteroatoms. The molecule has 0 bridgehead atoms. The highest BCUT2D eigenvalue weighted by Crippen LogP contribution is 2.21. The van der Waals surface area contributed by atoms with Crippen LogP contribution in [-0.4, -0.2) is 16.7 Å². The van der Waals surface area contributed by atoms with Crippen LogP contribution in [0.25, 0.3) is 5.69 Å². The average molecular weight is 334 g/mol. The van der Waals surface area contributed by atoms with Crippen molar-refractivity contribution in [3.05, 3.63) is 51.8 Å². The summed E-state index contributed by atoms with van der Waals surface area (Å²) < 4.78 is 3.21. The molecule has 0 fully saturated rings. The van der Waals surface area contributed by atoms with E-state index >= 15 is 0 Å². The van der Waals surface area contributed by atoms with Crippen LogP contribution >= 0.6 is 15.9 Å². The van der Waals surface area contributed by atoms with Crippen molar-refractivity contribution in [2.75, 3.05) is 0 Å². The Morgan fingerprint density at radius 2 is 1.95 bits per heavy atom. The number of hydrogen-bond acceptors (Lipinski definition) is 2. The number of aromatic nitrogens is 1. The summed E-state index contributed by atoms with van der Waals surface area (Å²) in [4.78, 5) is 10.8. The Balaban J connectivity index is 2.36. The number of halogens is 1. The van der Waals surface area contributed by atoms with Crippen molar-refractivity contribution in [1.29, 1.82) is 0 Å². The molecular formula is C15H16BrN3O. The zero-order valence-corrected chi connectivity index (χ0v) is 13.2. The third-order valence-electron chi connectivity index (χ3n) is 2.98. The van der Waals surface area contributed by atoms with Crippen molar-refractivity contribution in [1.82, 2.24) is 9.99 Å². The van der Waals surface area contributed by atoms with Crippen LogP contribution < -0.4 is 5.43 Å². The van der Waals surface area contributed by atoms with Gasteiger partial charge in [-0.05, 0) is 44.2 Å². The molecule has 104 valence electrons. The zero-order chi connectivity index (χ0) is 14.7. The van der Waals surface area contributed by atoms with Crippen LogP contribution in [0.1, 0.15) is 23.9 Å². The molecule has 0 aliphatic heterocycles. The number of hydrogen-bond donors (Lipinski definition) is 1. The number of carbonyl (C=O) groups excluding carboxylic acids is 1. The molecule has 4 nitrogen and oxygen atoms in total. The Labute approximate surface area is 126 Å². The van der Waals surface area contributed by atoms with E-state index in [9.17, 15) is 4.79 Å². The topological polar surface area (TPSA) is 46.4 Å². The molecule has 0 aliphatic rings. The van der Waals surface area contributed by atoms with Crippen molar-refractivity contribution in [3.63, 3.8) is 0 Å². The lowest BCUT2D eigenvalue weighted by Gasteiger charge is -2.09. The minimum Gasteiger partial charge on any atom is -0.318 e. The van der Waals surface area contributed by atoms with Gasteiger partial charge in [0.1, 0.15) is 0 Å². The van der Waals surface area contributed by atoms with Gasteiger partial charge in [0.05, 0.1) is 6.21 Å². The summed E-state index contributed by atoms with van der Waals surface area (Å²) in [6, 6.07) is 10.2. The molecule has 1 amide bonds. The van der Waals surface area contributed by atoms with E-state index in [1.54, 1.807) is 6.21 Å². The lowest BCUT2D eigenvalue weighted by molar-refractivity contribution is -0.118. The first-order valence-electron chi connectivity index (χ1n) is 6.23. The van der Waals surface area contributed by atoms with Crippen LogP contribution in [0.3, 0.4) is 0 Å². The summed E-state index contributed by atoms with van der Waals surface area (Å²) in [6.45, 7) is 5.51. The minimum absolute atomic E-state index is 0.178. The standard InChI is InChI=1S/C15H16BrN3O/c1-10-8-13(9-17-18-12(3)20)11(2)19(10)15-6-4-14(16)5-7-15/h4-9H,1-3H3,(H,18,20). The summed E-state index contributed by atoms with van der Waals surface area (Å²) in [6.07, 6.45) is 1.67. The van der Waals surface area contributed by atoms with Gasteiger partial charge >= 0.3 is 0 Å². The van der Waals surface area contributed by atoms with E-state index in [0.717, 1.165) is 27.1 Å². The Bertz CT molecular complexity index is 657. The molecule has 0 aliphatic carbocycles. The SMILES string of the molecule is CC(=O)NN=Cc1cc(C)n(-c2ccc(Br)cc2)c1C. The molecule has 0 radical (unpaired) electrons. The lowest BCUT2D eigenvalue weighted by atomic mass is 10.2. The number of benzene rings is 1. The highest BCUT2D eigenvalue weighted by Gasteiger charge is 2.09. The Morgan fingerprint density at radius 3 is 2.55 bits per heavy atom. The Morgan fingerprint density at radius 1 is 1.30 bits per heavy atom. The van der Waals surface area contributed by atoms with E-state index in [0.29, 0.717) is 0 Å². The normalized spacial score (nSPS) is 11.0.